The Morgan fingerprint density at radius 1 is 1.25 bits per heavy atom. The molecule has 7 nitrogen and oxygen atoms in total. The van der Waals surface area contributed by atoms with Gasteiger partial charge >= 0.3 is 0 Å². The number of amides is 1. The summed E-state index contributed by atoms with van der Waals surface area (Å²) in [7, 11) is 0. The average Bonchev–Trinajstić information content (AvgIpc) is 3.22. The summed E-state index contributed by atoms with van der Waals surface area (Å²) in [6, 6.07) is 7.76. The molecule has 0 spiro atoms. The molecule has 3 aromatic rings. The molecular weight excluding hydrogens is 366 g/mol. The normalized spacial score (nSPS) is 10.8. The number of anilines is 1. The predicted octanol–water partition coefficient (Wildman–Crippen LogP) is 3.35. The van der Waals surface area contributed by atoms with Crippen molar-refractivity contribution in [2.75, 3.05) is 17.3 Å². The number of hydrogen-bond donors (Lipinski definition) is 1. The molecule has 2 aromatic heterocycles. The summed E-state index contributed by atoms with van der Waals surface area (Å²) in [6.45, 7) is 1.98. The topological polar surface area (TPSA) is 93.8 Å². The van der Waals surface area contributed by atoms with E-state index >= 15 is 0 Å². The standard InChI is InChI=1S/C14H13N5O2S3/c1-8-5-3-4-6-9(8)11-16-18-13(21-11)23-7-10(20)15-12-17-19-14(22-2)24-12/h3-6H,7H2,1-2H3,(H,15,17,20). The Kier molecular flexibility index (Phi) is 5.48. The number of nitrogens with zero attached hydrogens (tertiary/aromatic N) is 4. The van der Waals surface area contributed by atoms with E-state index in [2.05, 4.69) is 25.7 Å². The van der Waals surface area contributed by atoms with Crippen LogP contribution in [-0.4, -0.2) is 38.3 Å². The van der Waals surface area contributed by atoms with Crippen LogP contribution in [0, 0.1) is 6.92 Å². The van der Waals surface area contributed by atoms with Crippen molar-refractivity contribution in [1.29, 1.82) is 0 Å². The van der Waals surface area contributed by atoms with Gasteiger partial charge in [0.2, 0.25) is 16.9 Å². The highest BCUT2D eigenvalue weighted by molar-refractivity contribution is 8.00. The number of hydrogen-bond acceptors (Lipinski definition) is 9. The molecule has 0 unspecified atom stereocenters. The molecule has 0 aliphatic heterocycles. The zero-order valence-corrected chi connectivity index (χ0v) is 15.3. The van der Waals surface area contributed by atoms with Crippen LogP contribution in [0.2, 0.25) is 0 Å². The van der Waals surface area contributed by atoms with Crippen LogP contribution in [0.4, 0.5) is 5.13 Å². The Labute approximate surface area is 150 Å². The van der Waals surface area contributed by atoms with Gasteiger partial charge in [-0.1, -0.05) is 53.1 Å². The number of aryl methyl sites for hydroxylation is 1. The third-order valence-electron chi connectivity index (χ3n) is 2.94. The van der Waals surface area contributed by atoms with E-state index in [0.717, 1.165) is 15.5 Å². The molecule has 1 aromatic carbocycles. The van der Waals surface area contributed by atoms with Gasteiger partial charge in [0.25, 0.3) is 5.22 Å². The first-order valence-corrected chi connectivity index (χ1v) is 9.88. The van der Waals surface area contributed by atoms with Gasteiger partial charge in [-0.2, -0.15) is 0 Å². The molecule has 0 bridgehead atoms. The van der Waals surface area contributed by atoms with Crippen molar-refractivity contribution < 1.29 is 9.21 Å². The Hall–Kier alpha value is -1.91. The highest BCUT2D eigenvalue weighted by atomic mass is 32.2. The Bertz CT molecular complexity index is 848. The molecule has 0 radical (unpaired) electrons. The number of thioether (sulfide) groups is 2. The number of nitrogens with one attached hydrogen (secondary N) is 1. The minimum Gasteiger partial charge on any atom is -0.411 e. The van der Waals surface area contributed by atoms with Crippen LogP contribution in [0.25, 0.3) is 11.5 Å². The van der Waals surface area contributed by atoms with Crippen molar-refractivity contribution in [3.05, 3.63) is 29.8 Å². The zero-order chi connectivity index (χ0) is 16.9. The third-order valence-corrected chi connectivity index (χ3v) is 5.57. The van der Waals surface area contributed by atoms with E-state index in [4.69, 9.17) is 4.42 Å². The summed E-state index contributed by atoms with van der Waals surface area (Å²) >= 11 is 4.00. The lowest BCUT2D eigenvalue weighted by Gasteiger charge is -1.99. The van der Waals surface area contributed by atoms with Crippen molar-refractivity contribution in [3.63, 3.8) is 0 Å². The van der Waals surface area contributed by atoms with Crippen LogP contribution in [0.15, 0.2) is 38.2 Å². The predicted molar refractivity (Wildman–Crippen MR) is 95.5 cm³/mol. The Morgan fingerprint density at radius 2 is 2.08 bits per heavy atom. The Balaban J connectivity index is 1.57. The summed E-state index contributed by atoms with van der Waals surface area (Å²) in [4.78, 5) is 11.9. The summed E-state index contributed by atoms with van der Waals surface area (Å²) < 4.78 is 6.41. The third kappa shape index (κ3) is 4.13. The van der Waals surface area contributed by atoms with Gasteiger partial charge in [0.05, 0.1) is 5.75 Å². The van der Waals surface area contributed by atoms with E-state index in [1.807, 2.05) is 37.4 Å². The fraction of sp³-hybridized carbons (Fsp3) is 0.214. The number of carbonyl (C=O) groups excluding carboxylic acids is 1. The van der Waals surface area contributed by atoms with Crippen LogP contribution < -0.4 is 5.32 Å². The molecule has 24 heavy (non-hydrogen) atoms. The molecular formula is C14H13N5O2S3. The molecule has 124 valence electrons. The first-order chi connectivity index (χ1) is 11.7. The minimum absolute atomic E-state index is 0.156. The van der Waals surface area contributed by atoms with Crippen molar-refractivity contribution >= 4 is 45.9 Å². The van der Waals surface area contributed by atoms with Crippen LogP contribution >= 0.6 is 34.9 Å². The summed E-state index contributed by atoms with van der Waals surface area (Å²) in [6.07, 6.45) is 1.91. The van der Waals surface area contributed by atoms with Gasteiger partial charge in [0.1, 0.15) is 0 Å². The monoisotopic (exact) mass is 379 g/mol. The second-order valence-corrected chi connectivity index (χ2v) is 7.56. The van der Waals surface area contributed by atoms with Gasteiger partial charge in [-0.15, -0.1) is 20.4 Å². The maximum atomic E-state index is 11.9. The van der Waals surface area contributed by atoms with Gasteiger partial charge in [-0.3, -0.25) is 10.1 Å². The highest BCUT2D eigenvalue weighted by Crippen LogP contribution is 2.26. The van der Waals surface area contributed by atoms with Crippen molar-refractivity contribution in [3.8, 4) is 11.5 Å². The van der Waals surface area contributed by atoms with Crippen LogP contribution in [0.1, 0.15) is 5.56 Å². The molecule has 1 N–H and O–H groups in total. The molecule has 0 fully saturated rings. The quantitative estimate of drug-likeness (QED) is 0.515. The lowest BCUT2D eigenvalue weighted by atomic mass is 10.1. The average molecular weight is 379 g/mol. The number of rotatable bonds is 6. The molecule has 10 heteroatoms. The molecule has 0 saturated carbocycles. The lowest BCUT2D eigenvalue weighted by Crippen LogP contribution is -2.13. The van der Waals surface area contributed by atoms with Crippen molar-refractivity contribution in [2.45, 2.75) is 16.5 Å². The second kappa shape index (κ2) is 7.77. The summed E-state index contributed by atoms with van der Waals surface area (Å²) in [5.74, 6) is 0.410. The Morgan fingerprint density at radius 3 is 2.83 bits per heavy atom. The zero-order valence-electron chi connectivity index (χ0n) is 12.8. The number of carbonyl (C=O) groups is 1. The molecule has 3 rings (SSSR count). The van der Waals surface area contributed by atoms with Gasteiger partial charge in [0.15, 0.2) is 4.34 Å². The fourth-order valence-corrected chi connectivity index (χ4v) is 3.56. The van der Waals surface area contributed by atoms with Gasteiger partial charge < -0.3 is 4.42 Å². The first kappa shape index (κ1) is 16.9. The van der Waals surface area contributed by atoms with Crippen molar-refractivity contribution in [1.82, 2.24) is 20.4 Å². The van der Waals surface area contributed by atoms with Gasteiger partial charge in [-0.05, 0) is 24.8 Å². The van der Waals surface area contributed by atoms with E-state index in [1.54, 1.807) is 0 Å². The van der Waals surface area contributed by atoms with Crippen LogP contribution in [-0.2, 0) is 4.79 Å². The highest BCUT2D eigenvalue weighted by Gasteiger charge is 2.13. The van der Waals surface area contributed by atoms with Gasteiger partial charge in [-0.25, -0.2) is 0 Å². The largest absolute Gasteiger partial charge is 0.411 e. The number of aromatic nitrogens is 4. The molecule has 0 aliphatic carbocycles. The van der Waals surface area contributed by atoms with E-state index in [1.165, 1.54) is 34.9 Å². The van der Waals surface area contributed by atoms with Gasteiger partial charge in [0, 0.05) is 5.56 Å². The first-order valence-electron chi connectivity index (χ1n) is 6.85. The van der Waals surface area contributed by atoms with Crippen molar-refractivity contribution in [2.24, 2.45) is 0 Å². The van der Waals surface area contributed by atoms with E-state index in [-0.39, 0.29) is 11.7 Å². The maximum absolute atomic E-state index is 11.9. The van der Waals surface area contributed by atoms with Crippen LogP contribution in [0.3, 0.4) is 0 Å². The van der Waals surface area contributed by atoms with E-state index < -0.39 is 0 Å². The molecule has 1 amide bonds. The van der Waals surface area contributed by atoms with Crippen LogP contribution in [0.5, 0.6) is 0 Å². The smallest absolute Gasteiger partial charge is 0.277 e. The molecule has 0 saturated heterocycles. The summed E-state index contributed by atoms with van der Waals surface area (Å²) in [5, 5.41) is 19.3. The molecule has 2 heterocycles. The molecule has 0 atom stereocenters. The van der Waals surface area contributed by atoms with E-state index in [9.17, 15) is 4.79 Å². The second-order valence-electron chi connectivity index (χ2n) is 4.60. The SMILES string of the molecule is CSc1nnc(NC(=O)CSc2nnc(-c3ccccc3C)o2)s1. The fourth-order valence-electron chi connectivity index (χ4n) is 1.82. The number of benzene rings is 1. The lowest BCUT2D eigenvalue weighted by molar-refractivity contribution is -0.113. The van der Waals surface area contributed by atoms with E-state index in [0.29, 0.717) is 16.2 Å². The maximum Gasteiger partial charge on any atom is 0.277 e. The molecule has 0 aliphatic rings. The minimum atomic E-state index is -0.195. The summed E-state index contributed by atoms with van der Waals surface area (Å²) in [5.41, 5.74) is 1.94.